The molecule has 0 bridgehead atoms. The van der Waals surface area contributed by atoms with Crippen LogP contribution in [0.25, 0.3) is 6.08 Å². The number of hydrogen-bond acceptors (Lipinski definition) is 3. The molecule has 0 fully saturated rings. The van der Waals surface area contributed by atoms with Gasteiger partial charge in [-0.1, -0.05) is 42.5 Å². The zero-order valence-electron chi connectivity index (χ0n) is 12.6. The molecule has 0 spiro atoms. The Bertz CT molecular complexity index is 477. The summed E-state index contributed by atoms with van der Waals surface area (Å²) < 4.78 is 4.86. The highest BCUT2D eigenvalue weighted by Gasteiger charge is 2.20. The first-order valence-corrected chi connectivity index (χ1v) is 7.41. The predicted molar refractivity (Wildman–Crippen MR) is 85.7 cm³/mol. The van der Waals surface area contributed by atoms with E-state index in [1.54, 1.807) is 19.1 Å². The number of aliphatic hydroxyl groups is 1. The van der Waals surface area contributed by atoms with Crippen LogP contribution in [0.4, 0.5) is 0 Å². The van der Waals surface area contributed by atoms with Gasteiger partial charge in [0.05, 0.1) is 6.61 Å². The molecule has 0 aliphatic rings. The van der Waals surface area contributed by atoms with Crippen molar-refractivity contribution < 1.29 is 14.6 Å². The molecule has 3 heteroatoms. The van der Waals surface area contributed by atoms with Gasteiger partial charge in [-0.15, -0.1) is 6.58 Å². The third kappa shape index (κ3) is 5.96. The summed E-state index contributed by atoms with van der Waals surface area (Å²) in [7, 11) is 0. The number of benzene rings is 1. The third-order valence-electron chi connectivity index (χ3n) is 3.13. The van der Waals surface area contributed by atoms with Crippen molar-refractivity contribution >= 4 is 12.0 Å². The number of carbonyl (C=O) groups excluding carboxylic acids is 1. The molecule has 1 unspecified atom stereocenters. The Labute approximate surface area is 127 Å². The van der Waals surface area contributed by atoms with Crippen LogP contribution >= 0.6 is 0 Å². The summed E-state index contributed by atoms with van der Waals surface area (Å²) in [5.41, 5.74) is 1.43. The number of allylic oxidation sites excluding steroid dienone is 2. The van der Waals surface area contributed by atoms with E-state index in [4.69, 9.17) is 4.74 Å². The van der Waals surface area contributed by atoms with Crippen LogP contribution in [0.1, 0.15) is 49.8 Å². The van der Waals surface area contributed by atoms with Crippen LogP contribution < -0.4 is 0 Å². The van der Waals surface area contributed by atoms with Crippen molar-refractivity contribution in [2.24, 2.45) is 0 Å². The van der Waals surface area contributed by atoms with Crippen LogP contribution in [0, 0.1) is 0 Å². The number of rotatable bonds is 9. The normalized spacial score (nSPS) is 12.3. The van der Waals surface area contributed by atoms with Crippen molar-refractivity contribution in [2.45, 2.75) is 38.7 Å². The van der Waals surface area contributed by atoms with E-state index < -0.39 is 12.1 Å². The minimum atomic E-state index is -1.23. The first-order valence-electron chi connectivity index (χ1n) is 7.41. The molecule has 114 valence electrons. The molecule has 0 aliphatic carbocycles. The third-order valence-corrected chi connectivity index (χ3v) is 3.13. The summed E-state index contributed by atoms with van der Waals surface area (Å²) in [4.78, 5) is 11.6. The summed E-state index contributed by atoms with van der Waals surface area (Å²) in [6.45, 7) is 5.68. The summed E-state index contributed by atoms with van der Waals surface area (Å²) in [6, 6.07) is 7.33. The van der Waals surface area contributed by atoms with Crippen molar-refractivity contribution in [3.05, 3.63) is 54.1 Å². The second kappa shape index (κ2) is 9.94. The molecule has 1 aromatic carbocycles. The van der Waals surface area contributed by atoms with Gasteiger partial charge in [-0.05, 0) is 43.7 Å². The highest BCUT2D eigenvalue weighted by atomic mass is 16.5. The fourth-order valence-corrected chi connectivity index (χ4v) is 2.02. The lowest BCUT2D eigenvalue weighted by Crippen LogP contribution is -2.16. The van der Waals surface area contributed by atoms with Crippen molar-refractivity contribution in [3.8, 4) is 0 Å². The van der Waals surface area contributed by atoms with Crippen molar-refractivity contribution in [2.75, 3.05) is 6.61 Å². The molecule has 0 aromatic heterocycles. The second-order valence-electron chi connectivity index (χ2n) is 4.76. The number of aliphatic hydroxyl groups excluding tert-OH is 1. The molecule has 0 heterocycles. The molecule has 0 saturated carbocycles. The highest BCUT2D eigenvalue weighted by molar-refractivity contribution is 5.78. The monoisotopic (exact) mass is 288 g/mol. The largest absolute Gasteiger partial charge is 0.464 e. The first kappa shape index (κ1) is 17.2. The van der Waals surface area contributed by atoms with E-state index in [0.29, 0.717) is 5.56 Å². The maximum atomic E-state index is 11.6. The molecule has 0 aliphatic heterocycles. The van der Waals surface area contributed by atoms with Crippen LogP contribution in [0.15, 0.2) is 43.0 Å². The van der Waals surface area contributed by atoms with Gasteiger partial charge in [0.2, 0.25) is 0 Å². The fourth-order valence-electron chi connectivity index (χ4n) is 2.02. The minimum Gasteiger partial charge on any atom is -0.464 e. The molecular formula is C18H24O3. The number of carbonyl (C=O) groups is 1. The zero-order valence-corrected chi connectivity index (χ0v) is 12.6. The Morgan fingerprint density at radius 2 is 2.05 bits per heavy atom. The minimum absolute atomic E-state index is 0.261. The van der Waals surface area contributed by atoms with E-state index in [9.17, 15) is 9.90 Å². The smallest absolute Gasteiger partial charge is 0.339 e. The van der Waals surface area contributed by atoms with Gasteiger partial charge >= 0.3 is 5.97 Å². The van der Waals surface area contributed by atoms with Crippen molar-refractivity contribution in [1.82, 2.24) is 0 Å². The average Bonchev–Trinajstić information content (AvgIpc) is 2.50. The Morgan fingerprint density at radius 3 is 2.76 bits per heavy atom. The maximum absolute atomic E-state index is 11.6. The Hall–Kier alpha value is -1.87. The summed E-state index contributed by atoms with van der Waals surface area (Å²) in [5, 5.41) is 10.1. The lowest BCUT2D eigenvalue weighted by atomic mass is 10.0. The lowest BCUT2D eigenvalue weighted by molar-refractivity contribution is -0.153. The second-order valence-corrected chi connectivity index (χ2v) is 4.76. The van der Waals surface area contributed by atoms with Gasteiger partial charge in [0.25, 0.3) is 0 Å². The van der Waals surface area contributed by atoms with Crippen LogP contribution in [0.5, 0.6) is 0 Å². The van der Waals surface area contributed by atoms with Crippen molar-refractivity contribution in [1.29, 1.82) is 0 Å². The van der Waals surface area contributed by atoms with Gasteiger partial charge in [0.15, 0.2) is 6.10 Å². The predicted octanol–water partition coefficient (Wildman–Crippen LogP) is 4.04. The summed E-state index contributed by atoms with van der Waals surface area (Å²) >= 11 is 0. The molecule has 21 heavy (non-hydrogen) atoms. The Balaban J connectivity index is 2.68. The van der Waals surface area contributed by atoms with Crippen LogP contribution in [-0.2, 0) is 9.53 Å². The molecule has 0 saturated heterocycles. The van der Waals surface area contributed by atoms with E-state index in [-0.39, 0.29) is 6.61 Å². The molecule has 1 atom stereocenters. The molecule has 0 radical (unpaired) electrons. The van der Waals surface area contributed by atoms with Crippen LogP contribution in [0.3, 0.4) is 0 Å². The van der Waals surface area contributed by atoms with E-state index in [0.717, 1.165) is 31.2 Å². The van der Waals surface area contributed by atoms with E-state index in [1.165, 1.54) is 0 Å². The van der Waals surface area contributed by atoms with Gasteiger partial charge in [-0.3, -0.25) is 0 Å². The van der Waals surface area contributed by atoms with Crippen LogP contribution in [-0.4, -0.2) is 17.7 Å². The molecule has 3 nitrogen and oxygen atoms in total. The van der Waals surface area contributed by atoms with Gasteiger partial charge in [-0.25, -0.2) is 4.79 Å². The number of unbranched alkanes of at least 4 members (excludes halogenated alkanes) is 3. The SMILES string of the molecule is C=CCCCC/C=C/c1ccccc1C(O)C(=O)OCC. The first-order chi connectivity index (χ1) is 10.2. The summed E-state index contributed by atoms with van der Waals surface area (Å²) in [5.74, 6) is -0.607. The molecule has 1 rings (SSSR count). The number of ether oxygens (including phenoxy) is 1. The molecule has 1 N–H and O–H groups in total. The number of esters is 1. The maximum Gasteiger partial charge on any atom is 0.339 e. The van der Waals surface area contributed by atoms with Gasteiger partial charge < -0.3 is 9.84 Å². The fraction of sp³-hybridized carbons (Fsp3) is 0.389. The average molecular weight is 288 g/mol. The van der Waals surface area contributed by atoms with Crippen LogP contribution in [0.2, 0.25) is 0 Å². The van der Waals surface area contributed by atoms with Gasteiger partial charge in [0.1, 0.15) is 0 Å². The molecule has 1 aromatic rings. The molecular weight excluding hydrogens is 264 g/mol. The van der Waals surface area contributed by atoms with Gasteiger partial charge in [0, 0.05) is 0 Å². The highest BCUT2D eigenvalue weighted by Crippen LogP contribution is 2.21. The van der Waals surface area contributed by atoms with Crippen molar-refractivity contribution in [3.63, 3.8) is 0 Å². The summed E-state index contributed by atoms with van der Waals surface area (Å²) in [6.07, 6.45) is 8.95. The van der Waals surface area contributed by atoms with E-state index in [2.05, 4.69) is 12.7 Å². The van der Waals surface area contributed by atoms with Gasteiger partial charge in [-0.2, -0.15) is 0 Å². The number of hydrogen-bond donors (Lipinski definition) is 1. The zero-order chi connectivity index (χ0) is 15.5. The Morgan fingerprint density at radius 1 is 1.33 bits per heavy atom. The standard InChI is InChI=1S/C18H24O3/c1-3-5-6-7-8-9-12-15-13-10-11-14-16(15)17(19)18(20)21-4-2/h3,9-14,17,19H,1,4-8H2,2H3/b12-9+. The van der Waals surface area contributed by atoms with E-state index >= 15 is 0 Å². The topological polar surface area (TPSA) is 46.5 Å². The quantitative estimate of drug-likeness (QED) is 0.424. The molecule has 0 amide bonds. The lowest BCUT2D eigenvalue weighted by Gasteiger charge is -2.12. The Kier molecular flexibility index (Phi) is 8.14. The van der Waals surface area contributed by atoms with E-state index in [1.807, 2.05) is 24.3 Å².